The van der Waals surface area contributed by atoms with Gasteiger partial charge in [-0.1, -0.05) is 55.7 Å². The van der Waals surface area contributed by atoms with Gasteiger partial charge in [-0.3, -0.25) is 14.4 Å². The normalized spacial score (nSPS) is 16.4. The third kappa shape index (κ3) is 4.90. The number of hydrogen-bond donors (Lipinski definition) is 1. The minimum Gasteiger partial charge on any atom is -0.361 e. The Hall–Kier alpha value is -3.41. The molecule has 1 N–H and O–H groups in total. The van der Waals surface area contributed by atoms with Crippen molar-refractivity contribution >= 4 is 29.7 Å². The van der Waals surface area contributed by atoms with Gasteiger partial charge in [0.1, 0.15) is 0 Å². The van der Waals surface area contributed by atoms with Crippen molar-refractivity contribution in [3.05, 3.63) is 71.4 Å². The van der Waals surface area contributed by atoms with E-state index in [0.29, 0.717) is 42.5 Å². The SMILES string of the molecule is C=C/C=c1/c(C(=O)C(=O)N2CCN(C(=O)C(/C=C\C)=C/C=C)CC2)c[nH]/c1=C/C. The third-order valence-corrected chi connectivity index (χ3v) is 4.71. The highest BCUT2D eigenvalue weighted by Gasteiger charge is 2.29. The Balaban J connectivity index is 2.12. The van der Waals surface area contributed by atoms with E-state index in [0.717, 1.165) is 5.35 Å². The minimum atomic E-state index is -0.566. The first-order chi connectivity index (χ1) is 14.0. The van der Waals surface area contributed by atoms with Crippen molar-refractivity contribution in [1.82, 2.24) is 14.8 Å². The van der Waals surface area contributed by atoms with Gasteiger partial charge in [0.15, 0.2) is 0 Å². The number of Topliss-reactive ketones (excluding diaryl/α,β-unsaturated/α-hetero) is 1. The smallest absolute Gasteiger partial charge is 0.295 e. The van der Waals surface area contributed by atoms with Crippen LogP contribution in [0.5, 0.6) is 0 Å². The van der Waals surface area contributed by atoms with Crippen LogP contribution in [0.3, 0.4) is 0 Å². The van der Waals surface area contributed by atoms with Gasteiger partial charge in [-0.05, 0) is 13.8 Å². The maximum atomic E-state index is 12.8. The average Bonchev–Trinajstić information content (AvgIpc) is 3.15. The summed E-state index contributed by atoms with van der Waals surface area (Å²) in [6.45, 7) is 12.4. The highest BCUT2D eigenvalue weighted by atomic mass is 16.2. The van der Waals surface area contributed by atoms with Crippen LogP contribution in [0, 0.1) is 0 Å². The summed E-state index contributed by atoms with van der Waals surface area (Å²) in [7, 11) is 0. The van der Waals surface area contributed by atoms with Crippen LogP contribution >= 0.6 is 0 Å². The molecule has 0 atom stereocenters. The number of carbonyl (C=O) groups excluding carboxylic acids is 3. The summed E-state index contributed by atoms with van der Waals surface area (Å²) in [5, 5.41) is 1.42. The number of nitrogens with one attached hydrogen (secondary N) is 1. The molecule has 1 fully saturated rings. The van der Waals surface area contributed by atoms with E-state index < -0.39 is 11.7 Å². The number of amides is 2. The highest BCUT2D eigenvalue weighted by Crippen LogP contribution is 2.10. The van der Waals surface area contributed by atoms with Crippen molar-refractivity contribution in [2.24, 2.45) is 0 Å². The van der Waals surface area contributed by atoms with E-state index in [1.54, 1.807) is 47.6 Å². The second-order valence-electron chi connectivity index (χ2n) is 6.49. The van der Waals surface area contributed by atoms with Crippen LogP contribution in [-0.2, 0) is 9.59 Å². The molecular weight excluding hydrogens is 366 g/mol. The second-order valence-corrected chi connectivity index (χ2v) is 6.49. The fourth-order valence-corrected chi connectivity index (χ4v) is 3.23. The van der Waals surface area contributed by atoms with Gasteiger partial charge >= 0.3 is 0 Å². The fraction of sp³-hybridized carbons (Fsp3) is 0.261. The first-order valence-corrected chi connectivity index (χ1v) is 9.53. The molecule has 0 saturated carbocycles. The molecule has 0 spiro atoms. The molecule has 2 amide bonds. The van der Waals surface area contributed by atoms with Crippen LogP contribution in [0.25, 0.3) is 12.2 Å². The molecule has 152 valence electrons. The number of aromatic amines is 1. The predicted molar refractivity (Wildman–Crippen MR) is 115 cm³/mol. The lowest BCUT2D eigenvalue weighted by Crippen LogP contribution is -2.52. The lowest BCUT2D eigenvalue weighted by molar-refractivity contribution is -0.134. The van der Waals surface area contributed by atoms with Gasteiger partial charge in [-0.2, -0.15) is 0 Å². The number of allylic oxidation sites excluding steroid dienone is 4. The topological polar surface area (TPSA) is 73.5 Å². The van der Waals surface area contributed by atoms with Gasteiger partial charge in [-0.25, -0.2) is 0 Å². The Bertz CT molecular complexity index is 987. The molecule has 1 saturated heterocycles. The molecule has 1 aromatic heterocycles. The number of ketones is 1. The number of carbonyl (C=O) groups is 3. The van der Waals surface area contributed by atoms with Gasteiger partial charge < -0.3 is 14.8 Å². The predicted octanol–water partition coefficient (Wildman–Crippen LogP) is 1.32. The number of aromatic nitrogens is 1. The summed E-state index contributed by atoms with van der Waals surface area (Å²) in [5.41, 5.74) is 0.865. The van der Waals surface area contributed by atoms with Gasteiger partial charge in [-0.15, -0.1) is 0 Å². The van der Waals surface area contributed by atoms with Crippen molar-refractivity contribution < 1.29 is 14.4 Å². The molecule has 0 aromatic carbocycles. The van der Waals surface area contributed by atoms with E-state index in [-0.39, 0.29) is 5.91 Å². The van der Waals surface area contributed by atoms with Crippen LogP contribution in [0.15, 0.2) is 55.3 Å². The van der Waals surface area contributed by atoms with E-state index in [2.05, 4.69) is 18.1 Å². The highest BCUT2D eigenvalue weighted by molar-refractivity contribution is 6.42. The lowest BCUT2D eigenvalue weighted by atomic mass is 10.1. The molecule has 0 radical (unpaired) electrons. The monoisotopic (exact) mass is 393 g/mol. The van der Waals surface area contributed by atoms with Gasteiger partial charge in [0.05, 0.1) is 5.56 Å². The van der Waals surface area contributed by atoms with Crippen LogP contribution in [0.1, 0.15) is 24.2 Å². The van der Waals surface area contributed by atoms with E-state index in [1.807, 2.05) is 19.9 Å². The number of rotatable bonds is 6. The summed E-state index contributed by atoms with van der Waals surface area (Å²) in [4.78, 5) is 44.3. The molecule has 0 unspecified atom stereocenters. The maximum absolute atomic E-state index is 12.8. The standard InChI is InChI=1S/C23H27N3O3/c1-5-9-17(10-6-2)22(28)25-12-14-26(15-13-25)23(29)21(27)19-16-24-20(8-4)18(19)11-7-3/h5-11,16,24H,1,3,12-15H2,2,4H3/b10-6-,17-9+,18-11-,20-8+. The van der Waals surface area contributed by atoms with Gasteiger partial charge in [0.2, 0.25) is 0 Å². The minimum absolute atomic E-state index is 0.113. The maximum Gasteiger partial charge on any atom is 0.295 e. The largest absolute Gasteiger partial charge is 0.361 e. The quantitative estimate of drug-likeness (QED) is 0.343. The average molecular weight is 393 g/mol. The number of H-pyrrole nitrogens is 1. The van der Waals surface area contributed by atoms with E-state index in [1.165, 1.54) is 4.90 Å². The Morgan fingerprint density at radius 3 is 2.14 bits per heavy atom. The molecule has 6 heteroatoms. The molecule has 1 aromatic rings. The first kappa shape index (κ1) is 21.9. The summed E-state index contributed by atoms with van der Waals surface area (Å²) in [6, 6.07) is 0. The van der Waals surface area contributed by atoms with Crippen molar-refractivity contribution in [3.63, 3.8) is 0 Å². The summed E-state index contributed by atoms with van der Waals surface area (Å²) >= 11 is 0. The molecule has 1 aliphatic rings. The zero-order valence-electron chi connectivity index (χ0n) is 17.0. The van der Waals surface area contributed by atoms with Crippen LogP contribution in [0.4, 0.5) is 0 Å². The number of piperazine rings is 1. The summed E-state index contributed by atoms with van der Waals surface area (Å²) < 4.78 is 0. The number of nitrogens with zero attached hydrogens (tertiary/aromatic N) is 2. The Kier molecular flexibility index (Phi) is 7.71. The summed E-state index contributed by atoms with van der Waals surface area (Å²) in [5.74, 6) is -1.24. The van der Waals surface area contributed by atoms with Crippen molar-refractivity contribution in [2.45, 2.75) is 13.8 Å². The molecule has 2 heterocycles. The molecule has 0 bridgehead atoms. The zero-order chi connectivity index (χ0) is 21.4. The van der Waals surface area contributed by atoms with Crippen molar-refractivity contribution in [1.29, 1.82) is 0 Å². The molecular formula is C23H27N3O3. The van der Waals surface area contributed by atoms with Gasteiger partial charge in [0.25, 0.3) is 17.6 Å². The molecule has 6 nitrogen and oxygen atoms in total. The van der Waals surface area contributed by atoms with Crippen molar-refractivity contribution in [3.8, 4) is 0 Å². The Labute approximate surface area is 170 Å². The fourth-order valence-electron chi connectivity index (χ4n) is 3.23. The van der Waals surface area contributed by atoms with Crippen molar-refractivity contribution in [2.75, 3.05) is 26.2 Å². The molecule has 0 aliphatic carbocycles. The Morgan fingerprint density at radius 2 is 1.62 bits per heavy atom. The van der Waals surface area contributed by atoms with Crippen LogP contribution < -0.4 is 10.6 Å². The molecule has 1 aliphatic heterocycles. The van der Waals surface area contributed by atoms with E-state index in [9.17, 15) is 14.4 Å². The Morgan fingerprint density at radius 1 is 1.00 bits per heavy atom. The third-order valence-electron chi connectivity index (χ3n) is 4.71. The molecule has 29 heavy (non-hydrogen) atoms. The second kappa shape index (κ2) is 10.2. The zero-order valence-corrected chi connectivity index (χ0v) is 17.0. The number of hydrogen-bond acceptors (Lipinski definition) is 3. The van der Waals surface area contributed by atoms with Crippen LogP contribution in [0.2, 0.25) is 0 Å². The summed E-state index contributed by atoms with van der Waals surface area (Å²) in [6.07, 6.45) is 13.4. The van der Waals surface area contributed by atoms with Crippen LogP contribution in [-0.4, -0.2) is 58.6 Å². The van der Waals surface area contributed by atoms with E-state index in [4.69, 9.17) is 0 Å². The molecule has 2 rings (SSSR count). The first-order valence-electron chi connectivity index (χ1n) is 9.53. The van der Waals surface area contributed by atoms with Gasteiger partial charge in [0, 0.05) is 48.5 Å². The van der Waals surface area contributed by atoms with E-state index >= 15 is 0 Å². The lowest BCUT2D eigenvalue weighted by Gasteiger charge is -2.34.